The molecule has 72 valence electrons. The van der Waals surface area contributed by atoms with Crippen molar-refractivity contribution in [1.82, 2.24) is 5.32 Å². The molecular formula is C9H14N2O2. The molecule has 1 aliphatic heterocycles. The minimum atomic E-state index is -0.795. The lowest BCUT2D eigenvalue weighted by Crippen LogP contribution is -2.64. The smallest absolute Gasteiger partial charge is 0.109 e. The van der Waals surface area contributed by atoms with Gasteiger partial charge in [0.2, 0.25) is 0 Å². The first-order valence-electron chi connectivity index (χ1n) is 4.35. The lowest BCUT2D eigenvalue weighted by atomic mass is 9.85. The second-order valence-corrected chi connectivity index (χ2v) is 3.68. The fraction of sp³-hybridized carbons (Fsp3) is 0.556. The van der Waals surface area contributed by atoms with Gasteiger partial charge in [-0.1, -0.05) is 0 Å². The number of rotatable bonds is 2. The number of aryl methyl sites for hydroxylation is 1. The van der Waals surface area contributed by atoms with Crippen LogP contribution in [0.25, 0.3) is 0 Å². The fourth-order valence-corrected chi connectivity index (χ4v) is 1.54. The topological polar surface area (TPSA) is 71.4 Å². The molecule has 1 unspecified atom stereocenters. The molecule has 1 aromatic heterocycles. The summed E-state index contributed by atoms with van der Waals surface area (Å²) in [5, 5.41) is 12.9. The van der Waals surface area contributed by atoms with Gasteiger partial charge in [0.05, 0.1) is 12.3 Å². The van der Waals surface area contributed by atoms with Gasteiger partial charge in [-0.3, -0.25) is 0 Å². The Kier molecular flexibility index (Phi) is 1.91. The van der Waals surface area contributed by atoms with Gasteiger partial charge in [0.25, 0.3) is 0 Å². The zero-order valence-corrected chi connectivity index (χ0v) is 7.58. The van der Waals surface area contributed by atoms with Crippen molar-refractivity contribution in [2.45, 2.75) is 18.6 Å². The molecule has 0 spiro atoms. The van der Waals surface area contributed by atoms with Crippen molar-refractivity contribution in [3.05, 3.63) is 23.7 Å². The summed E-state index contributed by atoms with van der Waals surface area (Å²) in [5.41, 5.74) is 5.97. The minimum absolute atomic E-state index is 0.355. The van der Waals surface area contributed by atoms with E-state index in [1.807, 2.05) is 13.0 Å². The van der Waals surface area contributed by atoms with E-state index in [4.69, 9.17) is 10.2 Å². The highest BCUT2D eigenvalue weighted by Crippen LogP contribution is 2.27. The Balaban J connectivity index is 2.17. The predicted molar refractivity (Wildman–Crippen MR) is 48.2 cm³/mol. The molecule has 2 rings (SSSR count). The van der Waals surface area contributed by atoms with Crippen molar-refractivity contribution in [2.75, 3.05) is 13.1 Å². The molecule has 1 atom stereocenters. The molecule has 4 heteroatoms. The van der Waals surface area contributed by atoms with Gasteiger partial charge in [-0.05, 0) is 13.0 Å². The van der Waals surface area contributed by atoms with Crippen LogP contribution in [0.15, 0.2) is 16.7 Å². The summed E-state index contributed by atoms with van der Waals surface area (Å²) in [6.45, 7) is 2.97. The number of β-amino-alcohol motifs (C(OH)–C–C–N with tert-alkyl or cyclic N) is 1. The number of furan rings is 1. The normalized spacial score (nSPS) is 22.4. The summed E-state index contributed by atoms with van der Waals surface area (Å²) >= 11 is 0. The summed E-state index contributed by atoms with van der Waals surface area (Å²) in [7, 11) is 0. The summed E-state index contributed by atoms with van der Waals surface area (Å²) < 4.78 is 5.14. The molecule has 0 radical (unpaired) electrons. The van der Waals surface area contributed by atoms with Crippen LogP contribution in [0.2, 0.25) is 0 Å². The number of nitrogens with one attached hydrogen (secondary N) is 1. The summed E-state index contributed by atoms with van der Waals surface area (Å²) in [4.78, 5) is 0. The van der Waals surface area contributed by atoms with Crippen LogP contribution in [0.1, 0.15) is 17.4 Å². The maximum atomic E-state index is 9.91. The van der Waals surface area contributed by atoms with E-state index < -0.39 is 5.60 Å². The van der Waals surface area contributed by atoms with Gasteiger partial charge in [-0.2, -0.15) is 0 Å². The minimum Gasteiger partial charge on any atom is -0.469 e. The number of hydrogen-bond acceptors (Lipinski definition) is 4. The van der Waals surface area contributed by atoms with Crippen molar-refractivity contribution in [2.24, 2.45) is 5.73 Å². The molecule has 4 nitrogen and oxygen atoms in total. The Morgan fingerprint density at radius 1 is 1.69 bits per heavy atom. The highest BCUT2D eigenvalue weighted by Gasteiger charge is 2.41. The quantitative estimate of drug-likeness (QED) is 0.598. The molecular weight excluding hydrogens is 168 g/mol. The Bertz CT molecular complexity index is 304. The van der Waals surface area contributed by atoms with E-state index in [1.165, 1.54) is 0 Å². The van der Waals surface area contributed by atoms with Crippen LogP contribution < -0.4 is 11.1 Å². The van der Waals surface area contributed by atoms with E-state index in [0.717, 1.165) is 11.3 Å². The van der Waals surface area contributed by atoms with Crippen LogP contribution in [0.3, 0.4) is 0 Å². The first kappa shape index (κ1) is 8.74. The van der Waals surface area contributed by atoms with Crippen LogP contribution >= 0.6 is 0 Å². The predicted octanol–water partition coefficient (Wildman–Crippen LogP) is -0.0779. The number of aliphatic hydroxyl groups is 1. The van der Waals surface area contributed by atoms with Crippen LogP contribution in [-0.4, -0.2) is 23.8 Å². The van der Waals surface area contributed by atoms with Crippen molar-refractivity contribution >= 4 is 0 Å². The monoisotopic (exact) mass is 182 g/mol. The van der Waals surface area contributed by atoms with E-state index in [2.05, 4.69) is 5.32 Å². The van der Waals surface area contributed by atoms with Gasteiger partial charge in [-0.25, -0.2) is 0 Å². The largest absolute Gasteiger partial charge is 0.469 e. The summed E-state index contributed by atoms with van der Waals surface area (Å²) in [5.74, 6) is 0.821. The molecule has 0 aromatic carbocycles. The molecule has 1 fully saturated rings. The average molecular weight is 182 g/mol. The zero-order valence-electron chi connectivity index (χ0n) is 7.58. The van der Waals surface area contributed by atoms with Crippen molar-refractivity contribution in [3.8, 4) is 0 Å². The Hall–Kier alpha value is -0.840. The molecule has 2 heterocycles. The third kappa shape index (κ3) is 1.37. The molecule has 0 bridgehead atoms. The number of hydrogen-bond donors (Lipinski definition) is 3. The van der Waals surface area contributed by atoms with Gasteiger partial charge >= 0.3 is 0 Å². The van der Waals surface area contributed by atoms with Gasteiger partial charge in [0.15, 0.2) is 0 Å². The van der Waals surface area contributed by atoms with Gasteiger partial charge in [0, 0.05) is 18.7 Å². The molecule has 4 N–H and O–H groups in total. The standard InChI is InChI=1S/C9H14N2O2/c1-6-2-7(3-13-6)8(10)9(12)4-11-5-9/h2-3,8,11-12H,4-5,10H2,1H3. The lowest BCUT2D eigenvalue weighted by molar-refractivity contribution is -0.0334. The van der Waals surface area contributed by atoms with Gasteiger partial charge < -0.3 is 20.6 Å². The highest BCUT2D eigenvalue weighted by molar-refractivity contribution is 5.22. The zero-order chi connectivity index (χ0) is 9.47. The first-order valence-corrected chi connectivity index (χ1v) is 4.35. The van der Waals surface area contributed by atoms with E-state index >= 15 is 0 Å². The number of nitrogens with two attached hydrogens (primary N) is 1. The van der Waals surface area contributed by atoms with Gasteiger partial charge in [-0.15, -0.1) is 0 Å². The molecule has 13 heavy (non-hydrogen) atoms. The van der Waals surface area contributed by atoms with Crippen molar-refractivity contribution < 1.29 is 9.52 Å². The highest BCUT2D eigenvalue weighted by atomic mass is 16.3. The Morgan fingerprint density at radius 3 is 2.77 bits per heavy atom. The molecule has 1 saturated heterocycles. The maximum absolute atomic E-state index is 9.91. The lowest BCUT2D eigenvalue weighted by Gasteiger charge is -2.41. The molecule has 0 amide bonds. The fourth-order valence-electron chi connectivity index (χ4n) is 1.54. The van der Waals surface area contributed by atoms with Crippen molar-refractivity contribution in [1.29, 1.82) is 0 Å². The molecule has 1 aliphatic rings. The van der Waals surface area contributed by atoms with E-state index in [-0.39, 0.29) is 6.04 Å². The maximum Gasteiger partial charge on any atom is 0.109 e. The average Bonchev–Trinajstić information content (AvgIpc) is 2.46. The van der Waals surface area contributed by atoms with E-state index in [1.54, 1.807) is 6.26 Å². The van der Waals surface area contributed by atoms with E-state index in [9.17, 15) is 5.11 Å². The Morgan fingerprint density at radius 2 is 2.38 bits per heavy atom. The second kappa shape index (κ2) is 2.83. The molecule has 0 aliphatic carbocycles. The Labute approximate surface area is 76.7 Å². The van der Waals surface area contributed by atoms with Crippen molar-refractivity contribution in [3.63, 3.8) is 0 Å². The second-order valence-electron chi connectivity index (χ2n) is 3.68. The summed E-state index contributed by atoms with van der Waals surface area (Å²) in [6, 6.07) is 1.51. The third-order valence-corrected chi connectivity index (χ3v) is 2.55. The van der Waals surface area contributed by atoms with Crippen LogP contribution in [0, 0.1) is 6.92 Å². The van der Waals surface area contributed by atoms with E-state index in [0.29, 0.717) is 13.1 Å². The van der Waals surface area contributed by atoms with Crippen LogP contribution in [-0.2, 0) is 0 Å². The first-order chi connectivity index (χ1) is 6.12. The molecule has 1 aromatic rings. The molecule has 0 saturated carbocycles. The summed E-state index contributed by atoms with van der Waals surface area (Å²) in [6.07, 6.45) is 1.61. The van der Waals surface area contributed by atoms with Gasteiger partial charge in [0.1, 0.15) is 11.4 Å². The van der Waals surface area contributed by atoms with Crippen LogP contribution in [0.4, 0.5) is 0 Å². The SMILES string of the molecule is Cc1cc(C(N)C2(O)CNC2)co1. The third-order valence-electron chi connectivity index (χ3n) is 2.55. The van der Waals surface area contributed by atoms with Crippen LogP contribution in [0.5, 0.6) is 0 Å².